The van der Waals surface area contributed by atoms with Crippen molar-refractivity contribution in [2.45, 2.75) is 12.5 Å². The lowest BCUT2D eigenvalue weighted by Crippen LogP contribution is -2.25. The number of carboxylic acid groups (broad SMARTS) is 1. The van der Waals surface area contributed by atoms with E-state index in [1.165, 1.54) is 28.9 Å². The molecule has 8 nitrogen and oxygen atoms in total. The average molecular weight is 465 g/mol. The summed E-state index contributed by atoms with van der Waals surface area (Å²) in [6, 6.07) is 2.09. The Hall–Kier alpha value is -2.44. The molecule has 1 atom stereocenters. The van der Waals surface area contributed by atoms with Crippen molar-refractivity contribution in [1.29, 1.82) is 0 Å². The number of carbonyl (C=O) groups excluding carboxylic acids is 1. The highest BCUT2D eigenvalue weighted by atomic mass is 127. The van der Waals surface area contributed by atoms with Gasteiger partial charge < -0.3 is 14.4 Å². The molecule has 25 heavy (non-hydrogen) atoms. The van der Waals surface area contributed by atoms with E-state index in [0.717, 1.165) is 17.0 Å². The smallest absolute Gasteiger partial charge is 0.414 e. The monoisotopic (exact) mass is 465 g/mol. The summed E-state index contributed by atoms with van der Waals surface area (Å²) < 4.78 is 37.1. The van der Waals surface area contributed by atoms with Gasteiger partial charge in [0, 0.05) is 12.0 Å². The molecule has 0 aliphatic carbocycles. The first-order valence-corrected chi connectivity index (χ1v) is 7.99. The molecule has 2 amide bonds. The van der Waals surface area contributed by atoms with Crippen molar-refractivity contribution >= 4 is 46.3 Å². The van der Waals surface area contributed by atoms with Crippen molar-refractivity contribution in [2.75, 3.05) is 16.8 Å². The van der Waals surface area contributed by atoms with Crippen LogP contribution in [0, 0.1) is 15.2 Å². The summed E-state index contributed by atoms with van der Waals surface area (Å²) in [6.07, 6.45) is -1.38. The zero-order valence-electron chi connectivity index (χ0n) is 12.3. The van der Waals surface area contributed by atoms with Gasteiger partial charge in [0.05, 0.1) is 15.8 Å². The van der Waals surface area contributed by atoms with Gasteiger partial charge in [-0.15, -0.1) is 0 Å². The molecule has 0 spiro atoms. The van der Waals surface area contributed by atoms with E-state index in [1.807, 2.05) is 0 Å². The van der Waals surface area contributed by atoms with Crippen LogP contribution in [0.2, 0.25) is 0 Å². The van der Waals surface area contributed by atoms with Crippen LogP contribution in [-0.2, 0) is 11.2 Å². The minimum absolute atomic E-state index is 0.00615. The summed E-state index contributed by atoms with van der Waals surface area (Å²) in [5.74, 6) is -1.56. The second-order valence-electron chi connectivity index (χ2n) is 5.16. The molecule has 2 N–H and O–H groups in total. The molecule has 1 fully saturated rings. The van der Waals surface area contributed by atoms with E-state index in [9.17, 15) is 18.4 Å². The predicted octanol–water partition coefficient (Wildman–Crippen LogP) is 3.22. The highest BCUT2D eigenvalue weighted by Gasteiger charge is 2.34. The van der Waals surface area contributed by atoms with E-state index in [4.69, 9.17) is 14.4 Å². The van der Waals surface area contributed by atoms with E-state index >= 15 is 0 Å². The number of rotatable bonds is 4. The molecule has 2 aromatic rings. The molecule has 132 valence electrons. The number of hydrogen-bond donors (Lipinski definition) is 2. The van der Waals surface area contributed by atoms with Crippen LogP contribution in [0.4, 0.5) is 29.9 Å². The normalized spacial score (nSPS) is 16.8. The van der Waals surface area contributed by atoms with Gasteiger partial charge in [0.15, 0.2) is 5.82 Å². The molecule has 0 bridgehead atoms. The fraction of sp³-hybridized carbons (Fsp3) is 0.214. The number of halogens is 3. The Kier molecular flexibility index (Phi) is 4.74. The number of carbonyl (C=O) groups is 2. The zero-order chi connectivity index (χ0) is 18.1. The molecule has 2 heterocycles. The molecule has 1 aromatic carbocycles. The number of hydrogen-bond acceptors (Lipinski definition) is 5. The van der Waals surface area contributed by atoms with Crippen molar-refractivity contribution in [1.82, 2.24) is 5.16 Å². The largest absolute Gasteiger partial charge is 0.465 e. The van der Waals surface area contributed by atoms with Crippen molar-refractivity contribution in [2.24, 2.45) is 0 Å². The van der Waals surface area contributed by atoms with Gasteiger partial charge in [0.1, 0.15) is 24.0 Å². The van der Waals surface area contributed by atoms with E-state index in [2.05, 4.69) is 10.5 Å². The van der Waals surface area contributed by atoms with Crippen molar-refractivity contribution in [3.63, 3.8) is 0 Å². The molecule has 0 radical (unpaired) electrons. The molecule has 11 heteroatoms. The van der Waals surface area contributed by atoms with Crippen LogP contribution in [0.15, 0.2) is 22.9 Å². The Labute approximate surface area is 152 Å². The molecule has 1 aliphatic heterocycles. The van der Waals surface area contributed by atoms with Gasteiger partial charge in [-0.1, -0.05) is 5.16 Å². The van der Waals surface area contributed by atoms with Crippen LogP contribution < -0.4 is 10.2 Å². The van der Waals surface area contributed by atoms with Crippen LogP contribution >= 0.6 is 22.6 Å². The third kappa shape index (κ3) is 3.65. The zero-order valence-corrected chi connectivity index (χ0v) is 14.5. The Morgan fingerprint density at radius 3 is 2.76 bits per heavy atom. The van der Waals surface area contributed by atoms with Crippen molar-refractivity contribution in [3.8, 4) is 0 Å². The fourth-order valence-electron chi connectivity index (χ4n) is 2.39. The maximum atomic E-state index is 13.7. The Balaban J connectivity index is 1.75. The number of cyclic esters (lactones) is 1. The number of anilines is 2. The highest BCUT2D eigenvalue weighted by molar-refractivity contribution is 14.1. The lowest BCUT2D eigenvalue weighted by molar-refractivity contribution is 0.141. The van der Waals surface area contributed by atoms with Crippen LogP contribution in [0.25, 0.3) is 0 Å². The maximum Gasteiger partial charge on any atom is 0.414 e. The van der Waals surface area contributed by atoms with Crippen molar-refractivity contribution in [3.05, 3.63) is 39.2 Å². The lowest BCUT2D eigenvalue weighted by Gasteiger charge is -2.13. The number of nitrogens with one attached hydrogen (secondary N) is 1. The van der Waals surface area contributed by atoms with Crippen LogP contribution in [0.5, 0.6) is 0 Å². The lowest BCUT2D eigenvalue weighted by atomic mass is 10.1. The summed E-state index contributed by atoms with van der Waals surface area (Å²) in [5, 5.41) is 14.3. The van der Waals surface area contributed by atoms with Gasteiger partial charge in [-0.3, -0.25) is 10.2 Å². The van der Waals surface area contributed by atoms with Gasteiger partial charge in [0.2, 0.25) is 0 Å². The molecular formula is C14H10F2IN3O5. The SMILES string of the molecule is O=C(O)Nc1nocc1C[C@@H]1CN(c2cc(F)c(I)c(F)c2)C(=O)O1. The number of aromatic nitrogens is 1. The number of amides is 2. The second-order valence-corrected chi connectivity index (χ2v) is 6.24. The van der Waals surface area contributed by atoms with Crippen molar-refractivity contribution < 1.29 is 32.7 Å². The molecule has 1 saturated heterocycles. The minimum atomic E-state index is -1.31. The minimum Gasteiger partial charge on any atom is -0.465 e. The number of benzene rings is 1. The van der Waals surface area contributed by atoms with Gasteiger partial charge in [-0.2, -0.15) is 0 Å². The summed E-state index contributed by atoms with van der Waals surface area (Å²) >= 11 is 1.53. The van der Waals surface area contributed by atoms with Crippen LogP contribution in [0.1, 0.15) is 5.56 Å². The topological polar surface area (TPSA) is 105 Å². The Morgan fingerprint density at radius 1 is 1.44 bits per heavy atom. The maximum absolute atomic E-state index is 13.7. The summed E-state index contributed by atoms with van der Waals surface area (Å²) in [4.78, 5) is 23.8. The fourth-order valence-corrected chi connectivity index (χ4v) is 2.70. The first kappa shape index (κ1) is 17.4. The average Bonchev–Trinajstić information content (AvgIpc) is 3.11. The quantitative estimate of drug-likeness (QED) is 0.531. The molecular weight excluding hydrogens is 455 g/mol. The van der Waals surface area contributed by atoms with Crippen LogP contribution in [0.3, 0.4) is 0 Å². The van der Waals surface area contributed by atoms with E-state index in [0.29, 0.717) is 5.56 Å². The standard InChI is InChI=1S/C14H10F2IN3O5/c15-9-2-7(3-10(16)11(9)17)20-4-8(25-14(20)23)1-6-5-24-19-12(6)18-13(21)22/h2-3,5,8H,1,4H2,(H,18,19)(H,21,22)/t8-/m1/s1. The van der Waals surface area contributed by atoms with Gasteiger partial charge >= 0.3 is 12.2 Å². The Morgan fingerprint density at radius 2 is 2.12 bits per heavy atom. The van der Waals surface area contributed by atoms with Gasteiger partial charge in [0.25, 0.3) is 0 Å². The third-order valence-electron chi connectivity index (χ3n) is 3.47. The molecule has 3 rings (SSSR count). The molecule has 1 aliphatic rings. The van der Waals surface area contributed by atoms with E-state index in [1.54, 1.807) is 0 Å². The molecule has 0 unspecified atom stereocenters. The van der Waals surface area contributed by atoms with Gasteiger partial charge in [-0.05, 0) is 34.7 Å². The highest BCUT2D eigenvalue weighted by Crippen LogP contribution is 2.28. The first-order valence-electron chi connectivity index (χ1n) is 6.91. The second kappa shape index (κ2) is 6.82. The third-order valence-corrected chi connectivity index (χ3v) is 4.50. The summed E-state index contributed by atoms with van der Waals surface area (Å²) in [7, 11) is 0. The predicted molar refractivity (Wildman–Crippen MR) is 88.5 cm³/mol. The number of nitrogens with zero attached hydrogens (tertiary/aromatic N) is 2. The number of ether oxygens (including phenoxy) is 1. The van der Waals surface area contributed by atoms with E-state index < -0.39 is 29.9 Å². The van der Waals surface area contributed by atoms with Gasteiger partial charge in [-0.25, -0.2) is 18.4 Å². The summed E-state index contributed by atoms with van der Waals surface area (Å²) in [6.45, 7) is 0.0377. The molecule has 0 saturated carbocycles. The Bertz CT molecular complexity index is 821. The van der Waals surface area contributed by atoms with Crippen LogP contribution in [-0.4, -0.2) is 35.1 Å². The van der Waals surface area contributed by atoms with E-state index in [-0.39, 0.29) is 28.0 Å². The molecule has 1 aromatic heterocycles. The first-order chi connectivity index (χ1) is 11.8. The summed E-state index contributed by atoms with van der Waals surface area (Å²) in [5.41, 5.74) is 0.430.